The number of benzene rings is 2. The second-order valence-corrected chi connectivity index (χ2v) is 5.54. The van der Waals surface area contributed by atoms with Gasteiger partial charge in [0.05, 0.1) is 13.4 Å². The van der Waals surface area contributed by atoms with Crippen LogP contribution in [0.5, 0.6) is 5.75 Å². The number of furan rings is 1. The molecule has 0 aliphatic rings. The second-order valence-electron chi connectivity index (χ2n) is 5.54. The molecule has 25 heavy (non-hydrogen) atoms. The van der Waals surface area contributed by atoms with Crippen LogP contribution in [0.4, 0.5) is 4.79 Å². The Kier molecular flexibility index (Phi) is 5.36. The van der Waals surface area contributed by atoms with Gasteiger partial charge in [-0.3, -0.25) is 0 Å². The number of rotatable bonds is 6. The molecule has 2 amide bonds. The van der Waals surface area contributed by atoms with Crippen molar-refractivity contribution in [3.63, 3.8) is 0 Å². The molecule has 1 unspecified atom stereocenters. The van der Waals surface area contributed by atoms with Crippen molar-refractivity contribution >= 4 is 6.03 Å². The third kappa shape index (κ3) is 4.41. The molecular weight excluding hydrogens is 316 g/mol. The summed E-state index contributed by atoms with van der Waals surface area (Å²) in [6, 6.07) is 20.3. The molecule has 5 heteroatoms. The van der Waals surface area contributed by atoms with E-state index >= 15 is 0 Å². The zero-order valence-corrected chi connectivity index (χ0v) is 13.9. The summed E-state index contributed by atoms with van der Waals surface area (Å²) in [5.41, 5.74) is 1.91. The van der Waals surface area contributed by atoms with Gasteiger partial charge in [-0.05, 0) is 35.4 Å². The standard InChI is InChI=1S/C20H20N2O3/c1-24-17-10-5-7-15(13-17)14-21-20(23)22-19(18-11-6-12-25-18)16-8-3-2-4-9-16/h2-13,19H,14H2,1H3,(H2,21,22,23). The summed E-state index contributed by atoms with van der Waals surface area (Å²) in [6.45, 7) is 0.405. The molecule has 0 saturated heterocycles. The number of nitrogens with one attached hydrogen (secondary N) is 2. The normalized spacial score (nSPS) is 11.6. The van der Waals surface area contributed by atoms with E-state index in [4.69, 9.17) is 9.15 Å². The quantitative estimate of drug-likeness (QED) is 0.718. The van der Waals surface area contributed by atoms with Crippen LogP contribution in [-0.2, 0) is 6.54 Å². The third-order valence-electron chi connectivity index (χ3n) is 3.82. The van der Waals surface area contributed by atoms with Crippen LogP contribution in [-0.4, -0.2) is 13.1 Å². The van der Waals surface area contributed by atoms with E-state index in [1.807, 2.05) is 60.7 Å². The lowest BCUT2D eigenvalue weighted by atomic mass is 10.1. The smallest absolute Gasteiger partial charge is 0.315 e. The Bertz CT molecular complexity index is 801. The van der Waals surface area contributed by atoms with Crippen molar-refractivity contribution in [1.29, 1.82) is 0 Å². The van der Waals surface area contributed by atoms with Gasteiger partial charge >= 0.3 is 6.03 Å². The lowest BCUT2D eigenvalue weighted by Gasteiger charge is -2.17. The molecule has 0 radical (unpaired) electrons. The number of hydrogen-bond acceptors (Lipinski definition) is 3. The van der Waals surface area contributed by atoms with Gasteiger partial charge in [0, 0.05) is 6.54 Å². The largest absolute Gasteiger partial charge is 0.497 e. The molecule has 1 aromatic heterocycles. The van der Waals surface area contributed by atoms with Crippen molar-refractivity contribution in [2.75, 3.05) is 7.11 Å². The second kappa shape index (κ2) is 8.06. The molecule has 0 aliphatic carbocycles. The number of methoxy groups -OCH3 is 1. The molecule has 5 nitrogen and oxygen atoms in total. The first-order valence-corrected chi connectivity index (χ1v) is 8.02. The first kappa shape index (κ1) is 16.6. The molecule has 0 fully saturated rings. The van der Waals surface area contributed by atoms with Gasteiger partial charge in [-0.15, -0.1) is 0 Å². The SMILES string of the molecule is COc1cccc(CNC(=O)NC(c2ccccc2)c2ccco2)c1. The number of hydrogen-bond donors (Lipinski definition) is 2. The summed E-state index contributed by atoms with van der Waals surface area (Å²) >= 11 is 0. The predicted molar refractivity (Wildman–Crippen MR) is 95.4 cm³/mol. The van der Waals surface area contributed by atoms with E-state index in [2.05, 4.69) is 10.6 Å². The van der Waals surface area contributed by atoms with Crippen LogP contribution in [0.3, 0.4) is 0 Å². The first-order valence-electron chi connectivity index (χ1n) is 8.02. The Hall–Kier alpha value is -3.21. The Labute approximate surface area is 146 Å². The maximum Gasteiger partial charge on any atom is 0.315 e. The monoisotopic (exact) mass is 336 g/mol. The molecular formula is C20H20N2O3. The van der Waals surface area contributed by atoms with E-state index in [9.17, 15) is 4.79 Å². The number of carbonyl (C=O) groups excluding carboxylic acids is 1. The van der Waals surface area contributed by atoms with Crippen molar-refractivity contribution in [1.82, 2.24) is 10.6 Å². The van der Waals surface area contributed by atoms with Gasteiger partial charge in [-0.2, -0.15) is 0 Å². The molecule has 1 heterocycles. The van der Waals surface area contributed by atoms with Crippen LogP contribution in [0.15, 0.2) is 77.4 Å². The summed E-state index contributed by atoms with van der Waals surface area (Å²) in [5.74, 6) is 1.44. The average molecular weight is 336 g/mol. The summed E-state index contributed by atoms with van der Waals surface area (Å²) in [4.78, 5) is 12.4. The predicted octanol–water partition coefficient (Wildman–Crippen LogP) is 3.88. The maximum atomic E-state index is 12.4. The minimum absolute atomic E-state index is 0.270. The van der Waals surface area contributed by atoms with Crippen LogP contribution >= 0.6 is 0 Å². The highest BCUT2D eigenvalue weighted by Crippen LogP contribution is 2.22. The summed E-state index contributed by atoms with van der Waals surface area (Å²) in [7, 11) is 1.62. The Morgan fingerprint density at radius 1 is 1.08 bits per heavy atom. The number of urea groups is 1. The topological polar surface area (TPSA) is 63.5 Å². The van der Waals surface area contributed by atoms with Crippen LogP contribution in [0.1, 0.15) is 22.9 Å². The summed E-state index contributed by atoms with van der Waals surface area (Å²) in [5, 5.41) is 5.82. The fraction of sp³-hybridized carbons (Fsp3) is 0.150. The highest BCUT2D eigenvalue weighted by molar-refractivity contribution is 5.74. The molecule has 2 aromatic carbocycles. The van der Waals surface area contributed by atoms with E-state index in [-0.39, 0.29) is 12.1 Å². The third-order valence-corrected chi connectivity index (χ3v) is 3.82. The lowest BCUT2D eigenvalue weighted by molar-refractivity contribution is 0.236. The van der Waals surface area contributed by atoms with Gasteiger partial charge in [0.25, 0.3) is 0 Å². The van der Waals surface area contributed by atoms with E-state index in [0.29, 0.717) is 12.3 Å². The molecule has 3 aromatic rings. The van der Waals surface area contributed by atoms with Crippen molar-refractivity contribution in [3.05, 3.63) is 89.9 Å². The van der Waals surface area contributed by atoms with E-state index in [0.717, 1.165) is 16.9 Å². The number of ether oxygens (including phenoxy) is 1. The summed E-state index contributed by atoms with van der Waals surface area (Å²) in [6.07, 6.45) is 1.60. The number of carbonyl (C=O) groups is 1. The number of amides is 2. The highest BCUT2D eigenvalue weighted by atomic mass is 16.5. The zero-order chi connectivity index (χ0) is 17.5. The molecule has 3 rings (SSSR count). The van der Waals surface area contributed by atoms with Crippen molar-refractivity contribution < 1.29 is 13.9 Å². The summed E-state index contributed by atoms with van der Waals surface area (Å²) < 4.78 is 10.7. The zero-order valence-electron chi connectivity index (χ0n) is 13.9. The highest BCUT2D eigenvalue weighted by Gasteiger charge is 2.19. The van der Waals surface area contributed by atoms with Gasteiger partial charge in [0.15, 0.2) is 0 Å². The van der Waals surface area contributed by atoms with Crippen molar-refractivity contribution in [2.24, 2.45) is 0 Å². The van der Waals surface area contributed by atoms with Crippen molar-refractivity contribution in [2.45, 2.75) is 12.6 Å². The maximum absolute atomic E-state index is 12.4. The Morgan fingerprint density at radius 3 is 2.64 bits per heavy atom. The van der Waals surface area contributed by atoms with Crippen LogP contribution in [0, 0.1) is 0 Å². The molecule has 2 N–H and O–H groups in total. The first-order chi connectivity index (χ1) is 12.3. The van der Waals surface area contributed by atoms with Gasteiger partial charge < -0.3 is 19.8 Å². The molecule has 0 bridgehead atoms. The van der Waals surface area contributed by atoms with Crippen LogP contribution in [0.25, 0.3) is 0 Å². The molecule has 0 saturated carbocycles. The van der Waals surface area contributed by atoms with E-state index < -0.39 is 0 Å². The van der Waals surface area contributed by atoms with Gasteiger partial charge in [0.1, 0.15) is 17.6 Å². The van der Waals surface area contributed by atoms with Crippen LogP contribution < -0.4 is 15.4 Å². The average Bonchev–Trinajstić information content (AvgIpc) is 3.20. The Morgan fingerprint density at radius 2 is 1.92 bits per heavy atom. The Balaban J connectivity index is 1.66. The van der Waals surface area contributed by atoms with E-state index in [1.165, 1.54) is 0 Å². The van der Waals surface area contributed by atoms with Crippen LogP contribution in [0.2, 0.25) is 0 Å². The van der Waals surface area contributed by atoms with Gasteiger partial charge in [-0.25, -0.2) is 4.79 Å². The molecule has 1 atom stereocenters. The molecule has 0 spiro atoms. The van der Waals surface area contributed by atoms with Gasteiger partial charge in [0.2, 0.25) is 0 Å². The fourth-order valence-electron chi connectivity index (χ4n) is 2.57. The lowest BCUT2D eigenvalue weighted by Crippen LogP contribution is -2.37. The molecule has 128 valence electrons. The fourth-order valence-corrected chi connectivity index (χ4v) is 2.57. The van der Waals surface area contributed by atoms with Crippen molar-refractivity contribution in [3.8, 4) is 5.75 Å². The minimum Gasteiger partial charge on any atom is -0.497 e. The molecule has 0 aliphatic heterocycles. The van der Waals surface area contributed by atoms with E-state index in [1.54, 1.807) is 19.4 Å². The minimum atomic E-state index is -0.346. The van der Waals surface area contributed by atoms with Gasteiger partial charge in [-0.1, -0.05) is 42.5 Å².